The van der Waals surface area contributed by atoms with Gasteiger partial charge in [-0.1, -0.05) is 5.16 Å². The van der Waals surface area contributed by atoms with Crippen LogP contribution in [-0.4, -0.2) is 40.9 Å². The highest BCUT2D eigenvalue weighted by Crippen LogP contribution is 2.22. The van der Waals surface area contributed by atoms with Crippen molar-refractivity contribution in [2.24, 2.45) is 0 Å². The summed E-state index contributed by atoms with van der Waals surface area (Å²) in [5.41, 5.74) is -1.44. The van der Waals surface area contributed by atoms with Gasteiger partial charge in [-0.2, -0.15) is 0 Å². The number of furan rings is 1. The van der Waals surface area contributed by atoms with Crippen molar-refractivity contribution in [1.29, 1.82) is 0 Å². The highest BCUT2D eigenvalue weighted by molar-refractivity contribution is 5.97. The van der Waals surface area contributed by atoms with Crippen molar-refractivity contribution in [3.63, 3.8) is 0 Å². The van der Waals surface area contributed by atoms with Crippen LogP contribution >= 0.6 is 0 Å². The van der Waals surface area contributed by atoms with Crippen molar-refractivity contribution in [1.82, 2.24) is 10.5 Å². The number of carbonyl (C=O) groups is 2. The van der Waals surface area contributed by atoms with Crippen molar-refractivity contribution in [2.75, 3.05) is 13.2 Å². The molecule has 1 unspecified atom stereocenters. The zero-order chi connectivity index (χ0) is 14.9. The van der Waals surface area contributed by atoms with Gasteiger partial charge in [-0.05, 0) is 12.1 Å². The third-order valence-electron chi connectivity index (χ3n) is 3.29. The number of rotatable bonds is 4. The number of aliphatic carboxylic acids is 1. The van der Waals surface area contributed by atoms with Crippen molar-refractivity contribution in [3.8, 4) is 11.5 Å². The summed E-state index contributed by atoms with van der Waals surface area (Å²) in [5.74, 6) is -1.05. The molecule has 0 radical (unpaired) electrons. The lowest BCUT2D eigenvalue weighted by Gasteiger charge is -2.22. The first-order valence-electron chi connectivity index (χ1n) is 6.25. The number of carbonyl (C=O) groups excluding carboxylic acids is 1. The minimum atomic E-state index is -1.42. The summed E-state index contributed by atoms with van der Waals surface area (Å²) in [7, 11) is 0. The summed E-state index contributed by atoms with van der Waals surface area (Å²) >= 11 is 0. The molecule has 0 saturated carbocycles. The molecule has 2 aromatic heterocycles. The summed E-state index contributed by atoms with van der Waals surface area (Å²) in [6, 6.07) is 4.72. The monoisotopic (exact) mass is 292 g/mol. The van der Waals surface area contributed by atoms with Gasteiger partial charge < -0.3 is 24.1 Å². The molecule has 0 aromatic carbocycles. The first-order valence-corrected chi connectivity index (χ1v) is 6.25. The summed E-state index contributed by atoms with van der Waals surface area (Å²) in [4.78, 5) is 23.4. The Kier molecular flexibility index (Phi) is 3.22. The Morgan fingerprint density at radius 1 is 1.38 bits per heavy atom. The van der Waals surface area contributed by atoms with Crippen LogP contribution in [0.3, 0.4) is 0 Å². The second-order valence-electron chi connectivity index (χ2n) is 4.70. The van der Waals surface area contributed by atoms with Gasteiger partial charge >= 0.3 is 5.97 Å². The lowest BCUT2D eigenvalue weighted by Crippen LogP contribution is -2.55. The second kappa shape index (κ2) is 5.06. The van der Waals surface area contributed by atoms with Gasteiger partial charge in [0, 0.05) is 19.1 Å². The summed E-state index contributed by atoms with van der Waals surface area (Å²) < 4.78 is 15.2. The van der Waals surface area contributed by atoms with Crippen LogP contribution in [0.5, 0.6) is 0 Å². The molecule has 2 N–H and O–H groups in total. The number of carboxylic acid groups (broad SMARTS) is 1. The van der Waals surface area contributed by atoms with Crippen LogP contribution in [0.25, 0.3) is 11.5 Å². The Balaban J connectivity index is 1.78. The lowest BCUT2D eigenvalue weighted by atomic mass is 9.99. The molecule has 8 nitrogen and oxygen atoms in total. The van der Waals surface area contributed by atoms with Gasteiger partial charge in [0.15, 0.2) is 17.0 Å². The number of carboxylic acids is 1. The maximum absolute atomic E-state index is 12.1. The van der Waals surface area contributed by atoms with E-state index in [0.29, 0.717) is 5.76 Å². The van der Waals surface area contributed by atoms with E-state index in [0.717, 1.165) is 0 Å². The van der Waals surface area contributed by atoms with E-state index in [1.807, 2.05) is 0 Å². The van der Waals surface area contributed by atoms with Crippen LogP contribution in [0.2, 0.25) is 0 Å². The quantitative estimate of drug-likeness (QED) is 0.860. The van der Waals surface area contributed by atoms with E-state index in [2.05, 4.69) is 10.5 Å². The predicted octanol–water partition coefficient (Wildman–Crippen LogP) is 0.908. The largest absolute Gasteiger partial charge is 0.479 e. The Hall–Kier alpha value is -2.61. The van der Waals surface area contributed by atoms with Crippen molar-refractivity contribution in [2.45, 2.75) is 12.0 Å². The minimum absolute atomic E-state index is 0.0195. The highest BCUT2D eigenvalue weighted by atomic mass is 16.5. The normalized spacial score (nSPS) is 21.3. The fraction of sp³-hybridized carbons (Fsp3) is 0.308. The van der Waals surface area contributed by atoms with Crippen LogP contribution in [0, 0.1) is 0 Å². The molecule has 0 bridgehead atoms. The fourth-order valence-corrected chi connectivity index (χ4v) is 2.08. The standard InChI is InChI=1S/C13H12N2O6/c16-11(14-13(12(17)18)3-5-19-7-13)8-6-10(21-15-8)9-2-1-4-20-9/h1-2,4,6H,3,5,7H2,(H,14,16)(H,17,18). The second-order valence-corrected chi connectivity index (χ2v) is 4.70. The lowest BCUT2D eigenvalue weighted by molar-refractivity contribution is -0.144. The van der Waals surface area contributed by atoms with Gasteiger partial charge in [0.2, 0.25) is 5.76 Å². The zero-order valence-corrected chi connectivity index (χ0v) is 10.9. The number of amides is 1. The number of aromatic nitrogens is 1. The Bertz CT molecular complexity index is 654. The van der Waals surface area contributed by atoms with Crippen LogP contribution in [0.1, 0.15) is 16.9 Å². The third-order valence-corrected chi connectivity index (χ3v) is 3.29. The highest BCUT2D eigenvalue weighted by Gasteiger charge is 2.44. The average molecular weight is 292 g/mol. The van der Waals surface area contributed by atoms with Gasteiger partial charge in [-0.3, -0.25) is 4.79 Å². The molecule has 1 amide bonds. The molecule has 3 rings (SSSR count). The van der Waals surface area contributed by atoms with E-state index in [1.54, 1.807) is 12.1 Å². The molecule has 1 saturated heterocycles. The first kappa shape index (κ1) is 13.4. The number of nitrogens with one attached hydrogen (secondary N) is 1. The molecule has 21 heavy (non-hydrogen) atoms. The third kappa shape index (κ3) is 2.40. The summed E-state index contributed by atoms with van der Waals surface area (Å²) in [5, 5.41) is 15.3. The number of hydrogen-bond donors (Lipinski definition) is 2. The first-order chi connectivity index (χ1) is 10.1. The van der Waals surface area contributed by atoms with Crippen LogP contribution in [0.15, 0.2) is 33.4 Å². The van der Waals surface area contributed by atoms with Crippen molar-refractivity contribution >= 4 is 11.9 Å². The molecular formula is C13H12N2O6. The van der Waals surface area contributed by atoms with Gasteiger partial charge in [-0.25, -0.2) is 4.79 Å². The predicted molar refractivity (Wildman–Crippen MR) is 67.5 cm³/mol. The minimum Gasteiger partial charge on any atom is -0.479 e. The molecule has 2 aromatic rings. The molecule has 0 aliphatic carbocycles. The molecule has 3 heterocycles. The van der Waals surface area contributed by atoms with E-state index in [1.165, 1.54) is 12.3 Å². The van der Waals surface area contributed by atoms with Gasteiger partial charge in [0.1, 0.15) is 0 Å². The molecule has 1 aliphatic rings. The Morgan fingerprint density at radius 3 is 2.86 bits per heavy atom. The number of ether oxygens (including phenoxy) is 1. The Labute approximate surface area is 118 Å². The van der Waals surface area contributed by atoms with E-state index >= 15 is 0 Å². The topological polar surface area (TPSA) is 115 Å². The molecular weight excluding hydrogens is 280 g/mol. The molecule has 8 heteroatoms. The molecule has 1 atom stereocenters. The van der Waals surface area contributed by atoms with E-state index < -0.39 is 17.4 Å². The molecule has 1 fully saturated rings. The van der Waals surface area contributed by atoms with Gasteiger partial charge in [0.05, 0.1) is 12.9 Å². The number of nitrogens with zero attached hydrogens (tertiary/aromatic N) is 1. The molecule has 0 spiro atoms. The zero-order valence-electron chi connectivity index (χ0n) is 10.9. The molecule has 110 valence electrons. The van der Waals surface area contributed by atoms with Gasteiger partial charge in [-0.15, -0.1) is 0 Å². The average Bonchev–Trinajstić information content (AvgIpc) is 3.20. The number of hydrogen-bond acceptors (Lipinski definition) is 6. The maximum Gasteiger partial charge on any atom is 0.331 e. The smallest absolute Gasteiger partial charge is 0.331 e. The van der Waals surface area contributed by atoms with Gasteiger partial charge in [0.25, 0.3) is 5.91 Å². The van der Waals surface area contributed by atoms with Crippen LogP contribution in [0.4, 0.5) is 0 Å². The van der Waals surface area contributed by atoms with Crippen molar-refractivity contribution in [3.05, 3.63) is 30.2 Å². The summed E-state index contributed by atoms with van der Waals surface area (Å²) in [6.07, 6.45) is 1.67. The maximum atomic E-state index is 12.1. The Morgan fingerprint density at radius 2 is 2.24 bits per heavy atom. The van der Waals surface area contributed by atoms with Crippen molar-refractivity contribution < 1.29 is 28.4 Å². The fourth-order valence-electron chi connectivity index (χ4n) is 2.08. The van der Waals surface area contributed by atoms with Crippen LogP contribution in [-0.2, 0) is 9.53 Å². The van der Waals surface area contributed by atoms with E-state index in [4.69, 9.17) is 13.7 Å². The van der Waals surface area contributed by atoms with E-state index in [-0.39, 0.29) is 31.1 Å². The van der Waals surface area contributed by atoms with Crippen LogP contribution < -0.4 is 5.32 Å². The van der Waals surface area contributed by atoms with E-state index in [9.17, 15) is 14.7 Å². The summed E-state index contributed by atoms with van der Waals surface area (Å²) in [6.45, 7) is 0.208. The SMILES string of the molecule is O=C(NC1(C(=O)O)CCOC1)c1cc(-c2ccco2)on1. The molecule has 1 aliphatic heterocycles.